The third-order valence-electron chi connectivity index (χ3n) is 4.16. The number of benzene rings is 1. The molecule has 0 amide bonds. The van der Waals surface area contributed by atoms with Crippen LogP contribution in [0.3, 0.4) is 0 Å². The van der Waals surface area contributed by atoms with Gasteiger partial charge in [-0.05, 0) is 42.9 Å². The lowest BCUT2D eigenvalue weighted by Crippen LogP contribution is -2.31. The van der Waals surface area contributed by atoms with Crippen molar-refractivity contribution in [3.63, 3.8) is 0 Å². The van der Waals surface area contributed by atoms with Gasteiger partial charge in [-0.3, -0.25) is 0 Å². The van der Waals surface area contributed by atoms with Gasteiger partial charge in [-0.25, -0.2) is 4.98 Å². The lowest BCUT2D eigenvalue weighted by Gasteiger charge is -2.35. The second-order valence-electron chi connectivity index (χ2n) is 6.49. The van der Waals surface area contributed by atoms with E-state index in [1.165, 1.54) is 31.1 Å². The van der Waals surface area contributed by atoms with Crippen molar-refractivity contribution in [2.24, 2.45) is 5.41 Å². The molecule has 1 aliphatic carbocycles. The normalized spacial score (nSPS) is 22.3. The fraction of sp³-hybridized carbons (Fsp3) is 0.471. The zero-order valence-electron chi connectivity index (χ0n) is 11.8. The highest BCUT2D eigenvalue weighted by Gasteiger charge is 2.27. The molecule has 3 rings (SSSR count). The second kappa shape index (κ2) is 4.84. The average Bonchev–Trinajstić information content (AvgIpc) is 2.37. The molecule has 1 heterocycles. The van der Waals surface area contributed by atoms with Crippen LogP contribution in [0.25, 0.3) is 10.9 Å². The quantitative estimate of drug-likeness (QED) is 0.846. The number of para-hydroxylation sites is 1. The molecule has 0 aliphatic heterocycles. The van der Waals surface area contributed by atoms with E-state index in [0.29, 0.717) is 11.5 Å². The highest BCUT2D eigenvalue weighted by molar-refractivity contribution is 5.80. The molecule has 100 valence electrons. The molecule has 1 N–H and O–H groups in total. The summed E-state index contributed by atoms with van der Waals surface area (Å²) in [6.45, 7) is 4.74. The van der Waals surface area contributed by atoms with E-state index >= 15 is 0 Å². The molecule has 1 saturated carbocycles. The molecule has 0 bridgehead atoms. The minimum atomic E-state index is 0.465. The summed E-state index contributed by atoms with van der Waals surface area (Å²) in [7, 11) is 0. The van der Waals surface area contributed by atoms with Gasteiger partial charge in [-0.2, -0.15) is 0 Å². The monoisotopic (exact) mass is 254 g/mol. The van der Waals surface area contributed by atoms with Crippen molar-refractivity contribution in [2.75, 3.05) is 5.32 Å². The first-order valence-electron chi connectivity index (χ1n) is 7.25. The maximum absolute atomic E-state index is 4.71. The van der Waals surface area contributed by atoms with Crippen molar-refractivity contribution in [1.29, 1.82) is 0 Å². The molecular formula is C17H22N2. The molecule has 19 heavy (non-hydrogen) atoms. The third-order valence-corrected chi connectivity index (χ3v) is 4.16. The molecular weight excluding hydrogens is 232 g/mol. The summed E-state index contributed by atoms with van der Waals surface area (Å²) in [6, 6.07) is 13.1. The Balaban J connectivity index is 1.77. The fourth-order valence-electron chi connectivity index (χ4n) is 3.18. The van der Waals surface area contributed by atoms with E-state index < -0.39 is 0 Å². The van der Waals surface area contributed by atoms with E-state index in [2.05, 4.69) is 49.5 Å². The Hall–Kier alpha value is -1.57. The molecule has 1 aromatic carbocycles. The number of nitrogens with one attached hydrogen (secondary N) is 1. The van der Waals surface area contributed by atoms with Crippen molar-refractivity contribution < 1.29 is 0 Å². The van der Waals surface area contributed by atoms with E-state index in [1.54, 1.807) is 0 Å². The van der Waals surface area contributed by atoms with Crippen molar-refractivity contribution in [2.45, 2.75) is 45.6 Å². The number of anilines is 1. The van der Waals surface area contributed by atoms with Crippen LogP contribution in [0.1, 0.15) is 39.5 Å². The lowest BCUT2D eigenvalue weighted by atomic mass is 9.75. The predicted octanol–water partition coefficient (Wildman–Crippen LogP) is 4.62. The van der Waals surface area contributed by atoms with Crippen LogP contribution in [0.4, 0.5) is 5.82 Å². The maximum Gasteiger partial charge on any atom is 0.126 e. The molecule has 0 radical (unpaired) electrons. The van der Waals surface area contributed by atoms with Gasteiger partial charge in [0.25, 0.3) is 0 Å². The first-order chi connectivity index (χ1) is 9.12. The minimum Gasteiger partial charge on any atom is -0.367 e. The van der Waals surface area contributed by atoms with Crippen molar-refractivity contribution in [3.8, 4) is 0 Å². The Morgan fingerprint density at radius 1 is 1.16 bits per heavy atom. The number of hydrogen-bond donors (Lipinski definition) is 1. The topological polar surface area (TPSA) is 24.9 Å². The van der Waals surface area contributed by atoms with Gasteiger partial charge < -0.3 is 5.32 Å². The molecule has 0 saturated heterocycles. The van der Waals surface area contributed by atoms with Crippen LogP contribution in [0.5, 0.6) is 0 Å². The number of fused-ring (bicyclic) bond motifs is 1. The van der Waals surface area contributed by atoms with Gasteiger partial charge in [0.05, 0.1) is 5.52 Å². The van der Waals surface area contributed by atoms with Crippen molar-refractivity contribution in [3.05, 3.63) is 36.4 Å². The summed E-state index contributed by atoms with van der Waals surface area (Å²) in [5, 5.41) is 4.82. The largest absolute Gasteiger partial charge is 0.367 e. The molecule has 2 nitrogen and oxygen atoms in total. The Morgan fingerprint density at radius 2 is 2.00 bits per heavy atom. The van der Waals surface area contributed by atoms with E-state index in [4.69, 9.17) is 4.98 Å². The Morgan fingerprint density at radius 3 is 2.84 bits per heavy atom. The second-order valence-corrected chi connectivity index (χ2v) is 6.49. The van der Waals surface area contributed by atoms with Gasteiger partial charge in [0.1, 0.15) is 5.82 Å². The molecule has 2 aromatic rings. The molecule has 2 heteroatoms. The zero-order chi connectivity index (χ0) is 13.3. The number of rotatable bonds is 2. The molecule has 1 unspecified atom stereocenters. The third kappa shape index (κ3) is 2.89. The Kier molecular flexibility index (Phi) is 3.17. The predicted molar refractivity (Wildman–Crippen MR) is 81.4 cm³/mol. The van der Waals surface area contributed by atoms with E-state index in [9.17, 15) is 0 Å². The van der Waals surface area contributed by atoms with E-state index in [-0.39, 0.29) is 0 Å². The lowest BCUT2D eigenvalue weighted by molar-refractivity contribution is 0.229. The maximum atomic E-state index is 4.71. The zero-order valence-corrected chi connectivity index (χ0v) is 11.8. The van der Waals surface area contributed by atoms with Crippen molar-refractivity contribution in [1.82, 2.24) is 4.98 Å². The van der Waals surface area contributed by atoms with Crippen molar-refractivity contribution >= 4 is 16.7 Å². The molecule has 1 atom stereocenters. The summed E-state index contributed by atoms with van der Waals surface area (Å²) >= 11 is 0. The summed E-state index contributed by atoms with van der Waals surface area (Å²) in [4.78, 5) is 4.71. The standard InChI is InChI=1S/C17H22N2/c1-17(2)11-5-7-14(12-17)18-16-10-9-13-6-3-4-8-15(13)19-16/h3-4,6,8-10,14H,5,7,11-12H2,1-2H3,(H,18,19). The number of nitrogens with zero attached hydrogens (tertiary/aromatic N) is 1. The van der Waals surface area contributed by atoms with Gasteiger partial charge in [0.2, 0.25) is 0 Å². The smallest absolute Gasteiger partial charge is 0.126 e. The Bertz CT molecular complexity index is 574. The number of hydrogen-bond acceptors (Lipinski definition) is 2. The minimum absolute atomic E-state index is 0.465. The van der Waals surface area contributed by atoms with Crippen LogP contribution in [0.2, 0.25) is 0 Å². The van der Waals surface area contributed by atoms with Crippen LogP contribution in [0, 0.1) is 5.41 Å². The summed E-state index contributed by atoms with van der Waals surface area (Å²) in [5.41, 5.74) is 1.54. The van der Waals surface area contributed by atoms with Gasteiger partial charge >= 0.3 is 0 Å². The molecule has 1 fully saturated rings. The summed E-state index contributed by atoms with van der Waals surface area (Å²) in [5.74, 6) is 1.02. The van der Waals surface area contributed by atoms with E-state index in [1.807, 2.05) is 6.07 Å². The van der Waals surface area contributed by atoms with Crippen LogP contribution in [-0.4, -0.2) is 11.0 Å². The van der Waals surface area contributed by atoms with Gasteiger partial charge in [0.15, 0.2) is 0 Å². The molecule has 0 spiro atoms. The molecule has 1 aromatic heterocycles. The van der Waals surface area contributed by atoms with Crippen LogP contribution < -0.4 is 5.32 Å². The average molecular weight is 254 g/mol. The number of aromatic nitrogens is 1. The first kappa shape index (κ1) is 12.5. The first-order valence-corrected chi connectivity index (χ1v) is 7.25. The fourth-order valence-corrected chi connectivity index (χ4v) is 3.18. The molecule has 1 aliphatic rings. The SMILES string of the molecule is CC1(C)CCCC(Nc2ccc3ccccc3n2)C1. The van der Waals surface area contributed by atoms with Gasteiger partial charge in [0, 0.05) is 11.4 Å². The summed E-state index contributed by atoms with van der Waals surface area (Å²) < 4.78 is 0. The number of pyridine rings is 1. The Labute approximate surface area is 115 Å². The van der Waals surface area contributed by atoms with Crippen LogP contribution >= 0.6 is 0 Å². The van der Waals surface area contributed by atoms with Gasteiger partial charge in [-0.15, -0.1) is 0 Å². The van der Waals surface area contributed by atoms with Crippen LogP contribution in [0.15, 0.2) is 36.4 Å². The summed E-state index contributed by atoms with van der Waals surface area (Å²) in [6.07, 6.45) is 5.16. The van der Waals surface area contributed by atoms with Gasteiger partial charge in [-0.1, -0.05) is 38.5 Å². The van der Waals surface area contributed by atoms with E-state index in [0.717, 1.165) is 11.3 Å². The van der Waals surface area contributed by atoms with Crippen LogP contribution in [-0.2, 0) is 0 Å². The highest BCUT2D eigenvalue weighted by atomic mass is 15.0. The highest BCUT2D eigenvalue weighted by Crippen LogP contribution is 2.36.